The van der Waals surface area contributed by atoms with Crippen LogP contribution in [0, 0.1) is 0 Å². The van der Waals surface area contributed by atoms with Crippen molar-refractivity contribution < 1.29 is 52.1 Å². The topological polar surface area (TPSA) is 102 Å². The Balaban J connectivity index is 1.64. The van der Waals surface area contributed by atoms with Crippen molar-refractivity contribution in [3.8, 4) is 5.75 Å². The largest absolute Gasteiger partial charge is 0.491 e. The van der Waals surface area contributed by atoms with Crippen molar-refractivity contribution in [3.05, 3.63) is 29.8 Å². The quantitative estimate of drug-likeness (QED) is 0.0585. The number of rotatable bonds is 53. The van der Waals surface area contributed by atoms with Crippen LogP contribution >= 0.6 is 0 Å². The van der Waals surface area contributed by atoms with Crippen molar-refractivity contribution in [1.29, 1.82) is 0 Å². The Morgan fingerprint density at radius 3 is 0.803 bits per heavy atom. The average Bonchev–Trinajstić information content (AvgIpc) is 3.28. The van der Waals surface area contributed by atoms with Crippen LogP contribution in [0.25, 0.3) is 0 Å². The highest BCUT2D eigenvalue weighted by atomic mass is 16.6. The van der Waals surface area contributed by atoms with Crippen LogP contribution in [0.4, 0.5) is 0 Å². The van der Waals surface area contributed by atoms with Gasteiger partial charge in [0.15, 0.2) is 0 Å². The molecule has 61 heavy (non-hydrogen) atoms. The molecule has 11 nitrogen and oxygen atoms in total. The highest BCUT2D eigenvalue weighted by molar-refractivity contribution is 5.27. The monoisotopic (exact) mass is 871 g/mol. The molecule has 0 spiro atoms. The molecule has 1 aromatic rings. The third-order valence-electron chi connectivity index (χ3n) is 10.2. The fourth-order valence-corrected chi connectivity index (χ4v) is 6.56. The molecule has 11 heteroatoms. The van der Waals surface area contributed by atoms with Crippen LogP contribution in [0.1, 0.15) is 148 Å². The normalized spacial score (nSPS) is 11.6. The van der Waals surface area contributed by atoms with Crippen molar-refractivity contribution in [1.82, 2.24) is 0 Å². The fourth-order valence-electron chi connectivity index (χ4n) is 6.56. The van der Waals surface area contributed by atoms with E-state index in [1.165, 1.54) is 128 Å². The number of ether oxygens (including phenoxy) is 11. The molecule has 0 fully saturated rings. The van der Waals surface area contributed by atoms with E-state index in [-0.39, 0.29) is 0 Å². The van der Waals surface area contributed by atoms with Crippen molar-refractivity contribution >= 4 is 0 Å². The summed E-state index contributed by atoms with van der Waals surface area (Å²) in [6.45, 7) is 16.2. The second-order valence-electron chi connectivity index (χ2n) is 15.7. The Morgan fingerprint density at radius 2 is 0.492 bits per heavy atom. The van der Waals surface area contributed by atoms with Crippen LogP contribution < -0.4 is 4.74 Å². The van der Waals surface area contributed by atoms with Crippen LogP contribution in [0.5, 0.6) is 5.75 Å². The second-order valence-corrected chi connectivity index (χ2v) is 15.7. The lowest BCUT2D eigenvalue weighted by Crippen LogP contribution is -2.15. The van der Waals surface area contributed by atoms with Gasteiger partial charge in [-0.25, -0.2) is 0 Å². The molecule has 0 aromatic heterocycles. The average molecular weight is 871 g/mol. The van der Waals surface area contributed by atoms with Gasteiger partial charge in [0.25, 0.3) is 0 Å². The van der Waals surface area contributed by atoms with Gasteiger partial charge in [-0.15, -0.1) is 0 Å². The Labute approximate surface area is 374 Å². The molecule has 0 amide bonds. The van der Waals surface area contributed by atoms with Crippen LogP contribution in [0.15, 0.2) is 24.3 Å². The van der Waals surface area contributed by atoms with Crippen molar-refractivity contribution in [3.63, 3.8) is 0 Å². The summed E-state index contributed by atoms with van der Waals surface area (Å²) >= 11 is 0. The van der Waals surface area contributed by atoms with Gasteiger partial charge in [0.05, 0.1) is 126 Å². The standard InChI is InChI=1S/C50H94O11/c1-3-5-7-9-11-12-13-14-15-16-17-18-20-22-28-51-29-30-52-31-32-53-33-34-54-35-36-55-37-38-56-39-40-57-41-42-58-43-44-59-45-46-60-47-48-61-50-26-24-49(25-27-50)23-21-19-10-8-6-4-2/h24-27H,3-23,28-48H2,1-2H3. The minimum Gasteiger partial charge on any atom is -0.491 e. The molecular formula is C50H94O11. The number of hydrogen-bond donors (Lipinski definition) is 0. The third-order valence-corrected chi connectivity index (χ3v) is 10.2. The second kappa shape index (κ2) is 51.3. The maximum absolute atomic E-state index is 5.79. The van der Waals surface area contributed by atoms with Crippen LogP contribution in [-0.4, -0.2) is 139 Å². The molecule has 0 unspecified atom stereocenters. The number of unbranched alkanes of at least 4 members (excludes halogenated alkanes) is 18. The molecule has 1 aromatic carbocycles. The molecule has 1 rings (SSSR count). The summed E-state index contributed by atoms with van der Waals surface area (Å²) in [6, 6.07) is 8.46. The summed E-state index contributed by atoms with van der Waals surface area (Å²) in [5.41, 5.74) is 1.38. The van der Waals surface area contributed by atoms with E-state index in [9.17, 15) is 0 Å². The summed E-state index contributed by atoms with van der Waals surface area (Å²) in [5, 5.41) is 0. The molecule has 0 aliphatic rings. The highest BCUT2D eigenvalue weighted by Gasteiger charge is 2.00. The SMILES string of the molecule is CCCCCCCCCCCCCCCCOCCOCCOCCOCCOCCOCCOCCOCCOCCOCCOc1ccc(CCCCCCCC)cc1. The van der Waals surface area contributed by atoms with E-state index in [2.05, 4.69) is 38.1 Å². The fraction of sp³-hybridized carbons (Fsp3) is 0.880. The summed E-state index contributed by atoms with van der Waals surface area (Å²) in [7, 11) is 0. The summed E-state index contributed by atoms with van der Waals surface area (Å²) in [4.78, 5) is 0. The van der Waals surface area contributed by atoms with E-state index in [0.29, 0.717) is 132 Å². The summed E-state index contributed by atoms with van der Waals surface area (Å²) < 4.78 is 61.5. The van der Waals surface area contributed by atoms with Crippen LogP contribution in [0.3, 0.4) is 0 Å². The Morgan fingerprint density at radius 1 is 0.246 bits per heavy atom. The zero-order valence-electron chi connectivity index (χ0n) is 39.5. The summed E-state index contributed by atoms with van der Waals surface area (Å²) in [5.74, 6) is 0.889. The lowest BCUT2D eigenvalue weighted by molar-refractivity contribution is -0.0267. The maximum atomic E-state index is 5.79. The van der Waals surface area contributed by atoms with Gasteiger partial charge in [-0.1, -0.05) is 142 Å². The first-order chi connectivity index (χ1) is 30.4. The molecular weight excluding hydrogens is 777 g/mol. The van der Waals surface area contributed by atoms with Crippen molar-refractivity contribution in [2.75, 3.05) is 139 Å². The maximum Gasteiger partial charge on any atom is 0.119 e. The van der Waals surface area contributed by atoms with Gasteiger partial charge in [-0.2, -0.15) is 0 Å². The lowest BCUT2D eigenvalue weighted by atomic mass is 10.0. The van der Waals surface area contributed by atoms with E-state index in [1.807, 2.05) is 0 Å². The predicted octanol–water partition coefficient (Wildman–Crippen LogP) is 10.6. The molecule has 0 heterocycles. The van der Waals surface area contributed by atoms with Gasteiger partial charge in [0.1, 0.15) is 12.4 Å². The molecule has 0 saturated carbocycles. The number of aryl methyl sites for hydroxylation is 1. The molecule has 0 aliphatic heterocycles. The zero-order valence-corrected chi connectivity index (χ0v) is 39.5. The van der Waals surface area contributed by atoms with Crippen molar-refractivity contribution in [2.24, 2.45) is 0 Å². The van der Waals surface area contributed by atoms with E-state index < -0.39 is 0 Å². The zero-order chi connectivity index (χ0) is 43.5. The van der Waals surface area contributed by atoms with E-state index in [0.717, 1.165) is 25.2 Å². The van der Waals surface area contributed by atoms with Gasteiger partial charge in [-0.05, 0) is 37.0 Å². The van der Waals surface area contributed by atoms with Crippen molar-refractivity contribution in [2.45, 2.75) is 149 Å². The minimum absolute atomic E-state index is 0.521. The van der Waals surface area contributed by atoms with E-state index >= 15 is 0 Å². The van der Waals surface area contributed by atoms with Gasteiger partial charge < -0.3 is 52.1 Å². The van der Waals surface area contributed by atoms with E-state index in [1.54, 1.807) is 0 Å². The highest BCUT2D eigenvalue weighted by Crippen LogP contribution is 2.16. The first-order valence-electron chi connectivity index (χ1n) is 24.9. The molecule has 0 saturated heterocycles. The first-order valence-corrected chi connectivity index (χ1v) is 24.9. The Kier molecular flexibility index (Phi) is 48.4. The first kappa shape index (κ1) is 57.6. The molecule has 0 atom stereocenters. The van der Waals surface area contributed by atoms with Gasteiger partial charge in [-0.3, -0.25) is 0 Å². The van der Waals surface area contributed by atoms with Crippen LogP contribution in [-0.2, 0) is 53.8 Å². The molecule has 0 N–H and O–H groups in total. The molecule has 0 bridgehead atoms. The van der Waals surface area contributed by atoms with E-state index in [4.69, 9.17) is 52.1 Å². The van der Waals surface area contributed by atoms with Gasteiger partial charge in [0.2, 0.25) is 0 Å². The lowest BCUT2D eigenvalue weighted by Gasteiger charge is -2.09. The Hall–Kier alpha value is -1.38. The third kappa shape index (κ3) is 46.4. The minimum atomic E-state index is 0.521. The predicted molar refractivity (Wildman–Crippen MR) is 248 cm³/mol. The molecule has 360 valence electrons. The van der Waals surface area contributed by atoms with Crippen LogP contribution in [0.2, 0.25) is 0 Å². The van der Waals surface area contributed by atoms with Gasteiger partial charge in [0, 0.05) is 6.61 Å². The Bertz CT molecular complexity index is 939. The molecule has 0 radical (unpaired) electrons. The summed E-state index contributed by atoms with van der Waals surface area (Å²) in [6.07, 6.45) is 28.4. The number of hydrogen-bond acceptors (Lipinski definition) is 11. The number of benzene rings is 1. The smallest absolute Gasteiger partial charge is 0.119 e. The van der Waals surface area contributed by atoms with Gasteiger partial charge >= 0.3 is 0 Å². The molecule has 0 aliphatic carbocycles.